The highest BCUT2D eigenvalue weighted by atomic mass is 79.9. The average Bonchev–Trinajstić information content (AvgIpc) is 2.02. The van der Waals surface area contributed by atoms with Crippen LogP contribution in [0, 0.1) is 0 Å². The van der Waals surface area contributed by atoms with Crippen LogP contribution >= 0.6 is 15.9 Å². The Hall–Kier alpha value is -0.280. The zero-order valence-electron chi connectivity index (χ0n) is 7.11. The van der Waals surface area contributed by atoms with Crippen LogP contribution in [-0.2, 0) is 0 Å². The minimum absolute atomic E-state index is 0.110. The third kappa shape index (κ3) is 3.58. The van der Waals surface area contributed by atoms with Gasteiger partial charge in [0.25, 0.3) is 0 Å². The van der Waals surface area contributed by atoms with Crippen molar-refractivity contribution in [1.29, 1.82) is 0 Å². The fraction of sp³-hybridized carbons (Fsp3) is 0.500. The van der Waals surface area contributed by atoms with Gasteiger partial charge in [-0.25, -0.2) is 0 Å². The number of hydrogen-bond donors (Lipinski definition) is 2. The van der Waals surface area contributed by atoms with Gasteiger partial charge in [0.05, 0.1) is 6.61 Å². The van der Waals surface area contributed by atoms with E-state index in [1.165, 1.54) is 0 Å². The molecular formula is C8H14BrNO. The molecule has 2 N–H and O–H groups in total. The second-order valence-corrected chi connectivity index (χ2v) is 3.20. The summed E-state index contributed by atoms with van der Waals surface area (Å²) in [6, 6.07) is 0. The predicted octanol–water partition coefficient (Wildman–Crippen LogP) is 1.77. The normalized spacial score (nSPS) is 14.5. The van der Waals surface area contributed by atoms with Gasteiger partial charge in [0, 0.05) is 17.7 Å². The maximum atomic E-state index is 8.80. The lowest BCUT2D eigenvalue weighted by molar-refractivity contribution is 0.330. The van der Waals surface area contributed by atoms with Crippen LogP contribution in [0.1, 0.15) is 13.8 Å². The van der Waals surface area contributed by atoms with Crippen molar-refractivity contribution in [2.75, 3.05) is 13.7 Å². The number of aliphatic hydroxyl groups excluding tert-OH is 1. The molecule has 0 bridgehead atoms. The number of aliphatic hydroxyl groups is 1. The molecule has 0 rings (SSSR count). The summed E-state index contributed by atoms with van der Waals surface area (Å²) in [5.74, 6) is 0. The first kappa shape index (κ1) is 10.7. The van der Waals surface area contributed by atoms with E-state index in [0.717, 1.165) is 15.6 Å². The molecule has 0 aromatic rings. The molecule has 0 saturated heterocycles. The molecule has 64 valence electrons. The first-order chi connectivity index (χ1) is 5.13. The van der Waals surface area contributed by atoms with E-state index in [1.54, 1.807) is 0 Å². The highest BCUT2D eigenvalue weighted by molar-refractivity contribution is 9.12. The number of hydrogen-bond acceptors (Lipinski definition) is 2. The van der Waals surface area contributed by atoms with Crippen LogP contribution in [0.15, 0.2) is 21.8 Å². The van der Waals surface area contributed by atoms with Crippen molar-refractivity contribution in [3.8, 4) is 0 Å². The van der Waals surface area contributed by atoms with Gasteiger partial charge in [0.15, 0.2) is 0 Å². The van der Waals surface area contributed by atoms with Crippen molar-refractivity contribution < 1.29 is 5.11 Å². The van der Waals surface area contributed by atoms with Crippen molar-refractivity contribution in [2.24, 2.45) is 0 Å². The van der Waals surface area contributed by atoms with Crippen molar-refractivity contribution >= 4 is 15.9 Å². The van der Waals surface area contributed by atoms with Crippen LogP contribution in [0.5, 0.6) is 0 Å². The zero-order chi connectivity index (χ0) is 8.85. The van der Waals surface area contributed by atoms with E-state index < -0.39 is 0 Å². The van der Waals surface area contributed by atoms with Crippen LogP contribution in [0.4, 0.5) is 0 Å². The van der Waals surface area contributed by atoms with E-state index in [4.69, 9.17) is 5.11 Å². The highest BCUT2D eigenvalue weighted by Gasteiger charge is 1.98. The first-order valence-corrected chi connectivity index (χ1v) is 4.23. The Morgan fingerprint density at radius 2 is 2.09 bits per heavy atom. The lowest BCUT2D eigenvalue weighted by Gasteiger charge is -2.03. The van der Waals surface area contributed by atoms with Gasteiger partial charge in [0.1, 0.15) is 0 Å². The minimum Gasteiger partial charge on any atom is -0.393 e. The molecule has 0 amide bonds. The molecule has 0 aliphatic carbocycles. The molecule has 0 aliphatic rings. The van der Waals surface area contributed by atoms with Crippen LogP contribution in [-0.4, -0.2) is 18.8 Å². The molecule has 0 aromatic heterocycles. The molecule has 0 unspecified atom stereocenters. The Balaban J connectivity index is 4.46. The van der Waals surface area contributed by atoms with Crippen LogP contribution in [0.2, 0.25) is 0 Å². The Kier molecular flexibility index (Phi) is 5.24. The molecular weight excluding hydrogens is 206 g/mol. The summed E-state index contributed by atoms with van der Waals surface area (Å²) in [6.45, 7) is 3.97. The van der Waals surface area contributed by atoms with Crippen molar-refractivity contribution in [2.45, 2.75) is 13.8 Å². The van der Waals surface area contributed by atoms with E-state index >= 15 is 0 Å². The second kappa shape index (κ2) is 5.38. The zero-order valence-corrected chi connectivity index (χ0v) is 8.70. The topological polar surface area (TPSA) is 32.3 Å². The molecule has 0 aromatic carbocycles. The van der Waals surface area contributed by atoms with Gasteiger partial charge in [-0.05, 0) is 40.9 Å². The Labute approximate surface area is 76.1 Å². The summed E-state index contributed by atoms with van der Waals surface area (Å²) in [5.41, 5.74) is 2.05. The molecule has 0 radical (unpaired) electrons. The standard InChI is InChI=1S/C8H14BrNO/c1-6(5-11)7(2)8(9)4-10-3/h4,10-11H,5H2,1-3H3/b7-6+,8-4+. The minimum atomic E-state index is 0.110. The van der Waals surface area contributed by atoms with Gasteiger partial charge in [0.2, 0.25) is 0 Å². The highest BCUT2D eigenvalue weighted by Crippen LogP contribution is 2.18. The van der Waals surface area contributed by atoms with Gasteiger partial charge in [-0.1, -0.05) is 0 Å². The summed E-state index contributed by atoms with van der Waals surface area (Å²) in [4.78, 5) is 0. The van der Waals surface area contributed by atoms with Gasteiger partial charge in [-0.3, -0.25) is 0 Å². The third-order valence-corrected chi connectivity index (χ3v) is 2.33. The molecule has 3 heteroatoms. The first-order valence-electron chi connectivity index (χ1n) is 3.44. The molecule has 0 fully saturated rings. The van der Waals surface area contributed by atoms with Gasteiger partial charge >= 0.3 is 0 Å². The summed E-state index contributed by atoms with van der Waals surface area (Å²) >= 11 is 3.37. The number of nitrogens with one attached hydrogen (secondary N) is 1. The van der Waals surface area contributed by atoms with Crippen molar-refractivity contribution in [3.05, 3.63) is 21.8 Å². The maximum absolute atomic E-state index is 8.80. The Bertz CT molecular complexity index is 185. The van der Waals surface area contributed by atoms with Crippen LogP contribution in [0.25, 0.3) is 0 Å². The largest absolute Gasteiger partial charge is 0.393 e. The summed E-state index contributed by atoms with van der Waals surface area (Å²) < 4.78 is 0.978. The van der Waals surface area contributed by atoms with Crippen LogP contribution in [0.3, 0.4) is 0 Å². The molecule has 0 heterocycles. The Morgan fingerprint density at radius 1 is 1.55 bits per heavy atom. The smallest absolute Gasteiger partial charge is 0.0645 e. The fourth-order valence-corrected chi connectivity index (χ4v) is 1.12. The van der Waals surface area contributed by atoms with E-state index in [9.17, 15) is 0 Å². The summed E-state index contributed by atoms with van der Waals surface area (Å²) in [5, 5.41) is 11.7. The monoisotopic (exact) mass is 219 g/mol. The van der Waals surface area contributed by atoms with Gasteiger partial charge in [-0.15, -0.1) is 0 Å². The lowest BCUT2D eigenvalue weighted by Crippen LogP contribution is -1.96. The Morgan fingerprint density at radius 3 is 2.45 bits per heavy atom. The average molecular weight is 220 g/mol. The molecule has 0 saturated carbocycles. The SMILES string of the molecule is CN/C=C(Br)\C(C)=C(/C)CO. The molecule has 2 nitrogen and oxygen atoms in total. The van der Waals surface area contributed by atoms with E-state index in [0.29, 0.717) is 0 Å². The molecule has 11 heavy (non-hydrogen) atoms. The summed E-state index contributed by atoms with van der Waals surface area (Å²) in [6.07, 6.45) is 1.84. The second-order valence-electron chi connectivity index (χ2n) is 2.34. The quantitative estimate of drug-likeness (QED) is 0.710. The van der Waals surface area contributed by atoms with E-state index in [2.05, 4.69) is 21.2 Å². The van der Waals surface area contributed by atoms with Gasteiger partial charge in [-0.2, -0.15) is 0 Å². The van der Waals surface area contributed by atoms with E-state index in [-0.39, 0.29) is 6.61 Å². The third-order valence-electron chi connectivity index (χ3n) is 1.51. The molecule has 0 atom stereocenters. The maximum Gasteiger partial charge on any atom is 0.0645 e. The summed E-state index contributed by atoms with van der Waals surface area (Å²) in [7, 11) is 1.84. The van der Waals surface area contributed by atoms with Crippen LogP contribution < -0.4 is 5.32 Å². The number of rotatable bonds is 3. The lowest BCUT2D eigenvalue weighted by atomic mass is 10.1. The van der Waals surface area contributed by atoms with E-state index in [1.807, 2.05) is 27.1 Å². The van der Waals surface area contributed by atoms with Crippen molar-refractivity contribution in [1.82, 2.24) is 5.32 Å². The number of halogens is 1. The predicted molar refractivity (Wildman–Crippen MR) is 51.5 cm³/mol. The van der Waals surface area contributed by atoms with Crippen molar-refractivity contribution in [3.63, 3.8) is 0 Å². The fourth-order valence-electron chi connectivity index (χ4n) is 0.557. The van der Waals surface area contributed by atoms with Gasteiger partial charge < -0.3 is 10.4 Å². The molecule has 0 spiro atoms. The molecule has 0 aliphatic heterocycles. The number of allylic oxidation sites excluding steroid dienone is 2.